The lowest BCUT2D eigenvalue weighted by Gasteiger charge is -2.03. The minimum atomic E-state index is -1.03. The molecule has 0 bridgehead atoms. The summed E-state index contributed by atoms with van der Waals surface area (Å²) >= 11 is 0. The van der Waals surface area contributed by atoms with Gasteiger partial charge in [-0.25, -0.2) is 4.79 Å². The smallest absolute Gasteiger partial charge is 0.376 e. The van der Waals surface area contributed by atoms with E-state index in [1.807, 2.05) is 0 Å². The van der Waals surface area contributed by atoms with E-state index in [4.69, 9.17) is 15.1 Å². The summed E-state index contributed by atoms with van der Waals surface area (Å²) in [4.78, 5) is 14.3. The molecule has 0 unspecified atom stereocenters. The quantitative estimate of drug-likeness (QED) is 0.530. The summed E-state index contributed by atoms with van der Waals surface area (Å²) in [6.45, 7) is 0. The SMILES string of the molecule is COc1ccc(O)c(C(=O)OO)c1. The first-order valence-corrected chi connectivity index (χ1v) is 3.41. The van der Waals surface area contributed by atoms with Crippen molar-refractivity contribution in [3.8, 4) is 11.5 Å². The van der Waals surface area contributed by atoms with Crippen molar-refractivity contribution < 1.29 is 24.8 Å². The topological polar surface area (TPSA) is 76.0 Å². The molecule has 70 valence electrons. The van der Waals surface area contributed by atoms with Gasteiger partial charge >= 0.3 is 5.97 Å². The highest BCUT2D eigenvalue weighted by molar-refractivity contribution is 5.92. The zero-order valence-corrected chi connectivity index (χ0v) is 6.85. The molecule has 0 aliphatic heterocycles. The molecule has 0 aliphatic rings. The number of aromatic hydroxyl groups is 1. The second kappa shape index (κ2) is 3.77. The van der Waals surface area contributed by atoms with Gasteiger partial charge in [0.1, 0.15) is 17.1 Å². The lowest BCUT2D eigenvalue weighted by atomic mass is 10.2. The van der Waals surface area contributed by atoms with E-state index >= 15 is 0 Å². The molecule has 0 saturated carbocycles. The molecule has 5 nitrogen and oxygen atoms in total. The number of phenols is 1. The van der Waals surface area contributed by atoms with Crippen LogP contribution in [0.15, 0.2) is 18.2 Å². The van der Waals surface area contributed by atoms with Crippen LogP contribution in [0.1, 0.15) is 10.4 Å². The number of benzene rings is 1. The lowest BCUT2D eigenvalue weighted by molar-refractivity contribution is -0.182. The predicted octanol–water partition coefficient (Wildman–Crippen LogP) is 1.03. The number of methoxy groups -OCH3 is 1. The van der Waals surface area contributed by atoms with E-state index in [-0.39, 0.29) is 11.3 Å². The maximum Gasteiger partial charge on any atom is 0.376 e. The average Bonchev–Trinajstić information content (AvgIpc) is 2.17. The van der Waals surface area contributed by atoms with Gasteiger partial charge in [0.2, 0.25) is 0 Å². The van der Waals surface area contributed by atoms with Crippen LogP contribution in [0.25, 0.3) is 0 Å². The third-order valence-electron chi connectivity index (χ3n) is 1.51. The fraction of sp³-hybridized carbons (Fsp3) is 0.125. The van der Waals surface area contributed by atoms with Crippen molar-refractivity contribution in [1.82, 2.24) is 0 Å². The largest absolute Gasteiger partial charge is 0.507 e. The van der Waals surface area contributed by atoms with Gasteiger partial charge in [-0.3, -0.25) is 4.89 Å². The van der Waals surface area contributed by atoms with E-state index < -0.39 is 5.97 Å². The van der Waals surface area contributed by atoms with Crippen LogP contribution in [0, 0.1) is 0 Å². The summed E-state index contributed by atoms with van der Waals surface area (Å²) in [6, 6.07) is 4.00. The Labute approximate surface area is 74.1 Å². The van der Waals surface area contributed by atoms with Crippen LogP contribution in [-0.2, 0) is 4.89 Å². The van der Waals surface area contributed by atoms with Crippen LogP contribution in [0.2, 0.25) is 0 Å². The van der Waals surface area contributed by atoms with Gasteiger partial charge < -0.3 is 9.84 Å². The van der Waals surface area contributed by atoms with Gasteiger partial charge in [-0.2, -0.15) is 5.26 Å². The molecule has 5 heteroatoms. The van der Waals surface area contributed by atoms with Crippen LogP contribution in [0.4, 0.5) is 0 Å². The van der Waals surface area contributed by atoms with E-state index in [9.17, 15) is 4.79 Å². The van der Waals surface area contributed by atoms with Crippen LogP contribution in [0.3, 0.4) is 0 Å². The van der Waals surface area contributed by atoms with Crippen molar-refractivity contribution in [3.63, 3.8) is 0 Å². The van der Waals surface area contributed by atoms with Crippen molar-refractivity contribution in [1.29, 1.82) is 0 Å². The Bertz CT molecular complexity index is 320. The number of hydrogen-bond acceptors (Lipinski definition) is 5. The van der Waals surface area contributed by atoms with Gasteiger partial charge in [0.15, 0.2) is 0 Å². The molecule has 2 N–H and O–H groups in total. The van der Waals surface area contributed by atoms with E-state index in [2.05, 4.69) is 4.89 Å². The van der Waals surface area contributed by atoms with Gasteiger partial charge in [0.25, 0.3) is 0 Å². The highest BCUT2D eigenvalue weighted by Crippen LogP contribution is 2.23. The molecule has 1 aromatic rings. The van der Waals surface area contributed by atoms with Gasteiger partial charge in [-0.05, 0) is 18.2 Å². The summed E-state index contributed by atoms with van der Waals surface area (Å²) < 4.78 is 4.80. The predicted molar refractivity (Wildman–Crippen MR) is 42.7 cm³/mol. The number of ether oxygens (including phenoxy) is 1. The fourth-order valence-electron chi connectivity index (χ4n) is 0.855. The van der Waals surface area contributed by atoms with Gasteiger partial charge in [0.05, 0.1) is 7.11 Å². The molecule has 0 spiro atoms. The molecule has 0 heterocycles. The molecule has 1 rings (SSSR count). The highest BCUT2D eigenvalue weighted by Gasteiger charge is 2.13. The van der Waals surface area contributed by atoms with Crippen molar-refractivity contribution in [3.05, 3.63) is 23.8 Å². The highest BCUT2D eigenvalue weighted by atomic mass is 17.1. The first-order valence-electron chi connectivity index (χ1n) is 3.41. The molecule has 1 aromatic carbocycles. The summed E-state index contributed by atoms with van der Waals surface area (Å²) in [5.41, 5.74) is -0.151. The first-order chi connectivity index (χ1) is 6.19. The Kier molecular flexibility index (Phi) is 2.71. The second-order valence-corrected chi connectivity index (χ2v) is 2.26. The summed E-state index contributed by atoms with van der Waals surface area (Å²) in [7, 11) is 1.42. The normalized spacial score (nSPS) is 9.38. The minimum absolute atomic E-state index is 0.151. The van der Waals surface area contributed by atoms with Gasteiger partial charge in [0, 0.05) is 0 Å². The monoisotopic (exact) mass is 184 g/mol. The zero-order chi connectivity index (χ0) is 9.84. The number of hydrogen-bond donors (Lipinski definition) is 2. The Morgan fingerprint density at radius 2 is 2.15 bits per heavy atom. The third kappa shape index (κ3) is 1.88. The zero-order valence-electron chi connectivity index (χ0n) is 6.85. The van der Waals surface area contributed by atoms with E-state index in [1.54, 1.807) is 0 Å². The Hall–Kier alpha value is -1.75. The molecule has 0 aromatic heterocycles. The minimum Gasteiger partial charge on any atom is -0.507 e. The fourth-order valence-corrected chi connectivity index (χ4v) is 0.855. The third-order valence-corrected chi connectivity index (χ3v) is 1.51. The van der Waals surface area contributed by atoms with Crippen LogP contribution in [0.5, 0.6) is 11.5 Å². The maximum absolute atomic E-state index is 10.8. The van der Waals surface area contributed by atoms with Crippen LogP contribution < -0.4 is 4.74 Å². The van der Waals surface area contributed by atoms with Crippen LogP contribution >= 0.6 is 0 Å². The van der Waals surface area contributed by atoms with Crippen molar-refractivity contribution in [2.45, 2.75) is 0 Å². The van der Waals surface area contributed by atoms with Crippen molar-refractivity contribution in [2.75, 3.05) is 7.11 Å². The molecule has 0 fully saturated rings. The average molecular weight is 184 g/mol. The molecule has 0 radical (unpaired) electrons. The van der Waals surface area contributed by atoms with E-state index in [0.29, 0.717) is 5.75 Å². The van der Waals surface area contributed by atoms with Crippen LogP contribution in [-0.4, -0.2) is 23.4 Å². The van der Waals surface area contributed by atoms with E-state index in [0.717, 1.165) is 0 Å². The number of carbonyl (C=O) groups excluding carboxylic acids is 1. The lowest BCUT2D eigenvalue weighted by Crippen LogP contribution is -2.02. The molecular formula is C8H8O5. The molecular weight excluding hydrogens is 176 g/mol. The second-order valence-electron chi connectivity index (χ2n) is 2.26. The maximum atomic E-state index is 10.8. The first kappa shape index (κ1) is 9.34. The molecule has 0 saturated heterocycles. The molecule has 0 atom stereocenters. The Morgan fingerprint density at radius 1 is 1.46 bits per heavy atom. The molecule has 0 amide bonds. The van der Waals surface area contributed by atoms with Gasteiger partial charge in [-0.1, -0.05) is 0 Å². The van der Waals surface area contributed by atoms with Gasteiger partial charge in [-0.15, -0.1) is 0 Å². The molecule has 0 aliphatic carbocycles. The number of rotatable bonds is 2. The number of phenolic OH excluding ortho intramolecular Hbond substituents is 1. The van der Waals surface area contributed by atoms with Crippen molar-refractivity contribution >= 4 is 5.97 Å². The number of carbonyl (C=O) groups is 1. The summed E-state index contributed by atoms with van der Waals surface area (Å²) in [5.74, 6) is -0.922. The summed E-state index contributed by atoms with van der Waals surface area (Å²) in [5, 5.41) is 17.2. The Morgan fingerprint density at radius 3 is 2.69 bits per heavy atom. The molecule has 13 heavy (non-hydrogen) atoms. The van der Waals surface area contributed by atoms with Crippen molar-refractivity contribution in [2.24, 2.45) is 0 Å². The standard InChI is InChI=1S/C8H8O5/c1-12-5-2-3-7(9)6(4-5)8(10)13-11/h2-4,9,11H,1H3. The Balaban J connectivity index is 3.11. The van der Waals surface area contributed by atoms with E-state index in [1.165, 1.54) is 25.3 Å². The summed E-state index contributed by atoms with van der Waals surface area (Å²) in [6.07, 6.45) is 0.